The fourth-order valence-corrected chi connectivity index (χ4v) is 3.84. The van der Waals surface area contributed by atoms with Gasteiger partial charge in [-0.25, -0.2) is 14.8 Å². The third-order valence-electron chi connectivity index (χ3n) is 4.52. The van der Waals surface area contributed by atoms with Crippen molar-refractivity contribution in [1.82, 2.24) is 24.4 Å². The summed E-state index contributed by atoms with van der Waals surface area (Å²) in [5.74, 6) is 0.606. The van der Waals surface area contributed by atoms with E-state index in [1.54, 1.807) is 7.05 Å². The number of nitrogens with zero attached hydrogens (tertiary/aromatic N) is 4. The average Bonchev–Trinajstić information content (AvgIpc) is 2.70. The van der Waals surface area contributed by atoms with E-state index < -0.39 is 5.56 Å². The first kappa shape index (κ1) is 22.1. The second kappa shape index (κ2) is 10.4. The molecule has 2 rings (SSSR count). The summed E-state index contributed by atoms with van der Waals surface area (Å²) in [7, 11) is 3.03. The van der Waals surface area contributed by atoms with Crippen LogP contribution >= 0.6 is 11.8 Å². The van der Waals surface area contributed by atoms with Gasteiger partial charge in [0.05, 0.1) is 5.75 Å². The van der Waals surface area contributed by atoms with Crippen LogP contribution in [0.2, 0.25) is 0 Å². The van der Waals surface area contributed by atoms with Crippen molar-refractivity contribution < 1.29 is 4.79 Å². The number of unbranched alkanes of at least 4 members (excludes halogenated alkanes) is 3. The third-order valence-corrected chi connectivity index (χ3v) is 5.49. The molecule has 0 aromatic carbocycles. The van der Waals surface area contributed by atoms with Crippen molar-refractivity contribution in [2.75, 3.05) is 12.8 Å². The minimum Gasteiger partial charge on any atom is -0.358 e. The van der Waals surface area contributed by atoms with Crippen molar-refractivity contribution in [2.24, 2.45) is 7.05 Å². The van der Waals surface area contributed by atoms with E-state index >= 15 is 0 Å². The largest absolute Gasteiger partial charge is 0.358 e. The van der Waals surface area contributed by atoms with Crippen molar-refractivity contribution in [1.29, 1.82) is 0 Å². The summed E-state index contributed by atoms with van der Waals surface area (Å²) < 4.78 is 2.63. The lowest BCUT2D eigenvalue weighted by Gasteiger charge is -2.14. The average molecular weight is 408 g/mol. The van der Waals surface area contributed by atoms with Crippen LogP contribution in [0.4, 0.5) is 0 Å². The number of thioether (sulfide) groups is 1. The van der Waals surface area contributed by atoms with Gasteiger partial charge < -0.3 is 5.32 Å². The molecule has 0 atom stereocenters. The van der Waals surface area contributed by atoms with E-state index in [1.807, 2.05) is 6.92 Å². The standard InChI is InChI=1S/C19H29N5O3S/c1-5-7-8-9-10-13-21-16-15(17(22-13)28-12-14(25)20-3)18(26)23(4)19(27)24(16)11-6-2/h5-12H2,1-4H3,(H,20,25). The molecule has 0 aliphatic heterocycles. The molecule has 8 nitrogen and oxygen atoms in total. The van der Waals surface area contributed by atoms with Gasteiger partial charge in [0.2, 0.25) is 5.91 Å². The first-order chi connectivity index (χ1) is 13.4. The Bertz CT molecular complexity index is 951. The zero-order valence-corrected chi connectivity index (χ0v) is 17.9. The number of carbonyl (C=O) groups is 1. The normalized spacial score (nSPS) is 11.1. The Labute approximate surface area is 168 Å². The quantitative estimate of drug-likeness (QED) is 0.367. The topological polar surface area (TPSA) is 98.9 Å². The summed E-state index contributed by atoms with van der Waals surface area (Å²) in [6.07, 6.45) is 5.73. The van der Waals surface area contributed by atoms with E-state index in [2.05, 4.69) is 22.2 Å². The summed E-state index contributed by atoms with van der Waals surface area (Å²) >= 11 is 1.20. The maximum atomic E-state index is 12.8. The first-order valence-electron chi connectivity index (χ1n) is 9.78. The Hall–Kier alpha value is -2.16. The molecule has 1 amide bonds. The molecule has 2 aromatic heterocycles. The van der Waals surface area contributed by atoms with Crippen molar-refractivity contribution in [3.8, 4) is 0 Å². The van der Waals surface area contributed by atoms with Crippen molar-refractivity contribution >= 4 is 28.7 Å². The van der Waals surface area contributed by atoms with E-state index in [4.69, 9.17) is 0 Å². The number of carbonyl (C=O) groups excluding carboxylic acids is 1. The maximum absolute atomic E-state index is 12.8. The van der Waals surface area contributed by atoms with E-state index in [-0.39, 0.29) is 17.3 Å². The van der Waals surface area contributed by atoms with Crippen LogP contribution in [0, 0.1) is 0 Å². The van der Waals surface area contributed by atoms with Crippen LogP contribution in [-0.4, -0.2) is 37.8 Å². The lowest BCUT2D eigenvalue weighted by molar-refractivity contribution is -0.118. The van der Waals surface area contributed by atoms with Crippen LogP contribution in [0.3, 0.4) is 0 Å². The number of aromatic nitrogens is 4. The predicted molar refractivity (Wildman–Crippen MR) is 112 cm³/mol. The van der Waals surface area contributed by atoms with Gasteiger partial charge in [-0.15, -0.1) is 0 Å². The number of hydrogen-bond acceptors (Lipinski definition) is 6. The van der Waals surface area contributed by atoms with Crippen LogP contribution in [0.15, 0.2) is 14.6 Å². The highest BCUT2D eigenvalue weighted by Gasteiger charge is 2.19. The molecular formula is C19H29N5O3S. The van der Waals surface area contributed by atoms with Crippen molar-refractivity contribution in [2.45, 2.75) is 63.9 Å². The summed E-state index contributed by atoms with van der Waals surface area (Å²) in [6, 6.07) is 0. The van der Waals surface area contributed by atoms with Crippen LogP contribution in [-0.2, 0) is 24.8 Å². The van der Waals surface area contributed by atoms with Crippen LogP contribution in [0.1, 0.15) is 51.8 Å². The van der Waals surface area contributed by atoms with Crippen LogP contribution < -0.4 is 16.6 Å². The number of amides is 1. The molecule has 0 fully saturated rings. The van der Waals surface area contributed by atoms with Gasteiger partial charge in [-0.1, -0.05) is 44.9 Å². The fraction of sp³-hybridized carbons (Fsp3) is 0.632. The number of nitrogens with one attached hydrogen (secondary N) is 1. The fourth-order valence-electron chi connectivity index (χ4n) is 2.94. The molecule has 154 valence electrons. The van der Waals surface area contributed by atoms with Gasteiger partial charge >= 0.3 is 5.69 Å². The monoisotopic (exact) mass is 407 g/mol. The smallest absolute Gasteiger partial charge is 0.332 e. The summed E-state index contributed by atoms with van der Waals surface area (Å²) in [5.41, 5.74) is -0.434. The molecule has 0 aliphatic rings. The van der Waals surface area contributed by atoms with Gasteiger partial charge in [0.25, 0.3) is 5.56 Å². The molecule has 2 heterocycles. The highest BCUT2D eigenvalue weighted by molar-refractivity contribution is 8.00. The Morgan fingerprint density at radius 2 is 1.86 bits per heavy atom. The van der Waals surface area contributed by atoms with Gasteiger partial charge in [-0.05, 0) is 12.8 Å². The Kier molecular flexibility index (Phi) is 8.22. The molecule has 1 N–H and O–H groups in total. The van der Waals surface area contributed by atoms with Crippen LogP contribution in [0.5, 0.6) is 0 Å². The summed E-state index contributed by atoms with van der Waals surface area (Å²) in [4.78, 5) is 46.3. The zero-order valence-electron chi connectivity index (χ0n) is 17.1. The molecule has 0 bridgehead atoms. The molecule has 0 aliphatic carbocycles. The summed E-state index contributed by atoms with van der Waals surface area (Å²) in [6.45, 7) is 4.59. The highest BCUT2D eigenvalue weighted by Crippen LogP contribution is 2.23. The zero-order chi connectivity index (χ0) is 20.7. The van der Waals surface area contributed by atoms with Gasteiger partial charge in [0.15, 0.2) is 5.65 Å². The Balaban J connectivity index is 2.62. The van der Waals surface area contributed by atoms with Gasteiger partial charge in [-0.2, -0.15) is 0 Å². The van der Waals surface area contributed by atoms with Gasteiger partial charge in [-0.3, -0.25) is 18.7 Å². The second-order valence-electron chi connectivity index (χ2n) is 6.71. The van der Waals surface area contributed by atoms with Gasteiger partial charge in [0.1, 0.15) is 16.2 Å². The minimum absolute atomic E-state index is 0.147. The second-order valence-corrected chi connectivity index (χ2v) is 7.68. The Morgan fingerprint density at radius 1 is 1.11 bits per heavy atom. The number of aryl methyl sites for hydroxylation is 2. The van der Waals surface area contributed by atoms with Crippen molar-refractivity contribution in [3.05, 3.63) is 26.7 Å². The van der Waals surface area contributed by atoms with Crippen LogP contribution in [0.25, 0.3) is 11.0 Å². The SMILES string of the molecule is CCCCCCc1nc(SCC(=O)NC)c2c(=O)n(C)c(=O)n(CCC)c2n1. The number of fused-ring (bicyclic) bond motifs is 1. The molecule has 9 heteroatoms. The number of hydrogen-bond donors (Lipinski definition) is 1. The molecule has 0 radical (unpaired) electrons. The molecule has 0 unspecified atom stereocenters. The van der Waals surface area contributed by atoms with Crippen molar-refractivity contribution in [3.63, 3.8) is 0 Å². The molecule has 28 heavy (non-hydrogen) atoms. The van der Waals surface area contributed by atoms with Gasteiger partial charge in [0, 0.05) is 27.1 Å². The Morgan fingerprint density at radius 3 is 2.50 bits per heavy atom. The third kappa shape index (κ3) is 5.01. The first-order valence-corrected chi connectivity index (χ1v) is 10.8. The lowest BCUT2D eigenvalue weighted by Crippen LogP contribution is -2.39. The van der Waals surface area contributed by atoms with E-state index in [1.165, 1.54) is 23.4 Å². The maximum Gasteiger partial charge on any atom is 0.332 e. The molecular weight excluding hydrogens is 378 g/mol. The number of rotatable bonds is 10. The van der Waals surface area contributed by atoms with E-state index in [0.717, 1.165) is 36.7 Å². The van der Waals surface area contributed by atoms with E-state index in [0.29, 0.717) is 34.8 Å². The van der Waals surface area contributed by atoms with E-state index in [9.17, 15) is 14.4 Å². The molecule has 0 spiro atoms. The molecule has 0 saturated carbocycles. The summed E-state index contributed by atoms with van der Waals surface area (Å²) in [5, 5.41) is 3.34. The minimum atomic E-state index is -0.427. The highest BCUT2D eigenvalue weighted by atomic mass is 32.2. The lowest BCUT2D eigenvalue weighted by atomic mass is 10.1. The predicted octanol–water partition coefficient (Wildman–Crippen LogP) is 1.86. The molecule has 2 aromatic rings. The molecule has 0 saturated heterocycles.